The first-order valence-corrected chi connectivity index (χ1v) is 8.57. The minimum atomic E-state index is -0.365. The second-order valence-electron chi connectivity index (χ2n) is 6.17. The highest BCUT2D eigenvalue weighted by Gasteiger charge is 2.20. The summed E-state index contributed by atoms with van der Waals surface area (Å²) in [7, 11) is 0. The van der Waals surface area contributed by atoms with Crippen LogP contribution in [0.25, 0.3) is 11.0 Å². The van der Waals surface area contributed by atoms with Crippen LogP contribution < -0.4 is 10.9 Å². The third-order valence-corrected chi connectivity index (χ3v) is 4.27. The van der Waals surface area contributed by atoms with Crippen LogP contribution in [0.2, 0.25) is 0 Å². The maximum atomic E-state index is 12.7. The molecule has 0 radical (unpaired) electrons. The number of pyridine rings is 1. The molecule has 0 saturated heterocycles. The first-order valence-electron chi connectivity index (χ1n) is 8.57. The largest absolute Gasteiger partial charge is 0.451 e. The van der Waals surface area contributed by atoms with Gasteiger partial charge in [-0.3, -0.25) is 9.59 Å². The lowest BCUT2D eigenvalue weighted by atomic mass is 10.1. The number of carbonyl (C=O) groups excluding carboxylic acids is 1. The number of nitrogens with one attached hydrogen (secondary N) is 2. The Morgan fingerprint density at radius 3 is 2.73 bits per heavy atom. The van der Waals surface area contributed by atoms with Gasteiger partial charge in [0.05, 0.1) is 6.61 Å². The number of furan rings is 1. The van der Waals surface area contributed by atoms with Crippen molar-refractivity contribution in [2.24, 2.45) is 0 Å². The second-order valence-corrected chi connectivity index (χ2v) is 6.17. The highest BCUT2D eigenvalue weighted by Crippen LogP contribution is 2.26. The fourth-order valence-corrected chi connectivity index (χ4v) is 2.98. The summed E-state index contributed by atoms with van der Waals surface area (Å²) in [5.41, 5.74) is 3.32. The van der Waals surface area contributed by atoms with E-state index >= 15 is 0 Å². The molecule has 0 aliphatic carbocycles. The summed E-state index contributed by atoms with van der Waals surface area (Å²) in [5, 5.41) is 3.64. The van der Waals surface area contributed by atoms with Crippen molar-refractivity contribution in [2.75, 3.05) is 6.61 Å². The summed E-state index contributed by atoms with van der Waals surface area (Å²) in [5.74, 6) is -0.142. The Morgan fingerprint density at radius 1 is 1.23 bits per heavy atom. The van der Waals surface area contributed by atoms with Crippen LogP contribution in [-0.2, 0) is 17.9 Å². The number of carbonyl (C=O) groups is 1. The van der Waals surface area contributed by atoms with Crippen molar-refractivity contribution in [1.29, 1.82) is 0 Å². The SMILES string of the molecule is CCOCc1c(C(=O)NCc2c(C)cc(C)[nH]c2=O)oc2ccccc12. The van der Waals surface area contributed by atoms with E-state index < -0.39 is 0 Å². The number of hydrogen-bond donors (Lipinski definition) is 2. The van der Waals surface area contributed by atoms with Gasteiger partial charge < -0.3 is 19.5 Å². The number of para-hydroxylation sites is 1. The number of ether oxygens (including phenoxy) is 1. The van der Waals surface area contributed by atoms with Crippen molar-refractivity contribution in [2.45, 2.75) is 33.9 Å². The third kappa shape index (κ3) is 3.55. The van der Waals surface area contributed by atoms with Gasteiger partial charge >= 0.3 is 0 Å². The summed E-state index contributed by atoms with van der Waals surface area (Å²) >= 11 is 0. The van der Waals surface area contributed by atoms with Crippen molar-refractivity contribution >= 4 is 16.9 Å². The number of aromatic amines is 1. The maximum absolute atomic E-state index is 12.7. The number of benzene rings is 1. The molecule has 0 spiro atoms. The molecule has 3 aromatic rings. The third-order valence-electron chi connectivity index (χ3n) is 4.27. The molecule has 0 aliphatic heterocycles. The highest BCUT2D eigenvalue weighted by atomic mass is 16.5. The van der Waals surface area contributed by atoms with Crippen molar-refractivity contribution in [3.8, 4) is 0 Å². The number of H-pyrrole nitrogens is 1. The van der Waals surface area contributed by atoms with E-state index in [1.54, 1.807) is 0 Å². The van der Waals surface area contributed by atoms with E-state index in [1.165, 1.54) is 0 Å². The lowest BCUT2D eigenvalue weighted by Crippen LogP contribution is -2.28. The summed E-state index contributed by atoms with van der Waals surface area (Å²) in [6, 6.07) is 9.34. The number of hydrogen-bond acceptors (Lipinski definition) is 4. The zero-order valence-corrected chi connectivity index (χ0v) is 15.1. The van der Waals surface area contributed by atoms with Crippen LogP contribution in [0.15, 0.2) is 39.5 Å². The van der Waals surface area contributed by atoms with E-state index in [0.717, 1.165) is 22.2 Å². The van der Waals surface area contributed by atoms with Gasteiger partial charge in [0, 0.05) is 35.4 Å². The van der Waals surface area contributed by atoms with Gasteiger partial charge in [-0.25, -0.2) is 0 Å². The quantitative estimate of drug-likeness (QED) is 0.712. The predicted molar refractivity (Wildman–Crippen MR) is 99.3 cm³/mol. The van der Waals surface area contributed by atoms with E-state index in [1.807, 2.05) is 51.1 Å². The monoisotopic (exact) mass is 354 g/mol. The first kappa shape index (κ1) is 17.9. The van der Waals surface area contributed by atoms with Crippen LogP contribution in [0.1, 0.15) is 39.9 Å². The van der Waals surface area contributed by atoms with Gasteiger partial charge in [-0.15, -0.1) is 0 Å². The molecule has 6 heteroatoms. The molecular formula is C20H22N2O4. The molecule has 2 N–H and O–H groups in total. The van der Waals surface area contributed by atoms with Crippen LogP contribution in [0.5, 0.6) is 0 Å². The van der Waals surface area contributed by atoms with Crippen LogP contribution in [0.3, 0.4) is 0 Å². The van der Waals surface area contributed by atoms with E-state index in [9.17, 15) is 9.59 Å². The molecule has 0 atom stereocenters. The van der Waals surface area contributed by atoms with Gasteiger partial charge in [0.15, 0.2) is 5.76 Å². The molecule has 1 amide bonds. The average molecular weight is 354 g/mol. The molecule has 136 valence electrons. The highest BCUT2D eigenvalue weighted by molar-refractivity contribution is 5.99. The first-order chi connectivity index (χ1) is 12.5. The molecule has 0 aliphatic rings. The van der Waals surface area contributed by atoms with Gasteiger partial charge in [0.2, 0.25) is 0 Å². The lowest BCUT2D eigenvalue weighted by Gasteiger charge is -2.08. The Kier molecular flexibility index (Phi) is 5.23. The molecular weight excluding hydrogens is 332 g/mol. The summed E-state index contributed by atoms with van der Waals surface area (Å²) in [6.07, 6.45) is 0. The average Bonchev–Trinajstić information content (AvgIpc) is 2.97. The van der Waals surface area contributed by atoms with Crippen LogP contribution in [-0.4, -0.2) is 17.5 Å². The molecule has 0 bridgehead atoms. The standard InChI is InChI=1S/C20H22N2O4/c1-4-25-11-16-14-7-5-6-8-17(14)26-18(16)20(24)21-10-15-12(2)9-13(3)22-19(15)23/h5-9H,4,10-11H2,1-3H3,(H,21,24)(H,22,23). The maximum Gasteiger partial charge on any atom is 0.287 e. The predicted octanol–water partition coefficient (Wildman–Crippen LogP) is 3.20. The Bertz CT molecular complexity index is 1000. The Labute approximate surface area is 151 Å². The summed E-state index contributed by atoms with van der Waals surface area (Å²) < 4.78 is 11.2. The van der Waals surface area contributed by atoms with E-state index in [0.29, 0.717) is 24.4 Å². The smallest absolute Gasteiger partial charge is 0.287 e. The molecule has 3 rings (SSSR count). The number of rotatable bonds is 6. The van der Waals surface area contributed by atoms with Gasteiger partial charge in [-0.05, 0) is 38.5 Å². The van der Waals surface area contributed by atoms with Crippen molar-refractivity contribution in [3.63, 3.8) is 0 Å². The van der Waals surface area contributed by atoms with E-state index in [4.69, 9.17) is 9.15 Å². The minimum absolute atomic E-state index is 0.130. The van der Waals surface area contributed by atoms with Gasteiger partial charge in [0.25, 0.3) is 11.5 Å². The summed E-state index contributed by atoms with van der Waals surface area (Å²) in [6.45, 7) is 6.54. The number of aryl methyl sites for hydroxylation is 2. The van der Waals surface area contributed by atoms with Crippen LogP contribution >= 0.6 is 0 Å². The van der Waals surface area contributed by atoms with E-state index in [-0.39, 0.29) is 23.8 Å². The van der Waals surface area contributed by atoms with Gasteiger partial charge in [0.1, 0.15) is 5.58 Å². The second kappa shape index (κ2) is 7.58. The molecule has 26 heavy (non-hydrogen) atoms. The fraction of sp³-hybridized carbons (Fsp3) is 0.300. The molecule has 0 fully saturated rings. The molecule has 0 saturated carbocycles. The molecule has 2 aromatic heterocycles. The number of aromatic nitrogens is 1. The topological polar surface area (TPSA) is 84.3 Å². The number of amides is 1. The zero-order valence-electron chi connectivity index (χ0n) is 15.1. The fourth-order valence-electron chi connectivity index (χ4n) is 2.98. The van der Waals surface area contributed by atoms with Crippen molar-refractivity contribution in [1.82, 2.24) is 10.3 Å². The Hall–Kier alpha value is -2.86. The molecule has 0 unspecified atom stereocenters. The molecule has 6 nitrogen and oxygen atoms in total. The van der Waals surface area contributed by atoms with Crippen molar-refractivity contribution < 1.29 is 13.9 Å². The number of fused-ring (bicyclic) bond motifs is 1. The van der Waals surface area contributed by atoms with Gasteiger partial charge in [-0.2, -0.15) is 0 Å². The molecule has 1 aromatic carbocycles. The zero-order chi connectivity index (χ0) is 18.7. The Morgan fingerprint density at radius 2 is 2.00 bits per heavy atom. The van der Waals surface area contributed by atoms with Gasteiger partial charge in [-0.1, -0.05) is 18.2 Å². The minimum Gasteiger partial charge on any atom is -0.451 e. The Balaban J connectivity index is 1.87. The molecule has 2 heterocycles. The summed E-state index contributed by atoms with van der Waals surface area (Å²) in [4.78, 5) is 27.6. The van der Waals surface area contributed by atoms with Crippen LogP contribution in [0, 0.1) is 13.8 Å². The van der Waals surface area contributed by atoms with Crippen molar-refractivity contribution in [3.05, 3.63) is 68.8 Å². The van der Waals surface area contributed by atoms with E-state index in [2.05, 4.69) is 10.3 Å². The lowest BCUT2D eigenvalue weighted by molar-refractivity contribution is 0.0912. The van der Waals surface area contributed by atoms with Crippen LogP contribution in [0.4, 0.5) is 0 Å². The normalized spacial score (nSPS) is 11.0.